The minimum Gasteiger partial charge on any atom is -0.312 e. The molecule has 2 heteroatoms. The van der Waals surface area contributed by atoms with Crippen LogP contribution in [-0.2, 0) is 6.42 Å². The van der Waals surface area contributed by atoms with Crippen molar-refractivity contribution >= 4 is 0 Å². The predicted octanol–water partition coefficient (Wildman–Crippen LogP) is 3.72. The van der Waals surface area contributed by atoms with Crippen LogP contribution in [0.15, 0.2) is 30.3 Å². The molecule has 1 rings (SSSR count). The highest BCUT2D eigenvalue weighted by molar-refractivity contribution is 5.17. The Bertz CT molecular complexity index is 359. The van der Waals surface area contributed by atoms with Crippen LogP contribution >= 0.6 is 0 Å². The van der Waals surface area contributed by atoms with Gasteiger partial charge in [-0.2, -0.15) is 0 Å². The summed E-state index contributed by atoms with van der Waals surface area (Å²) in [6, 6.07) is 11.3. The number of nitrogens with one attached hydrogen (secondary N) is 1. The second-order valence-corrected chi connectivity index (χ2v) is 5.68. The van der Waals surface area contributed by atoms with Gasteiger partial charge in [-0.3, -0.25) is 4.90 Å². The molecule has 0 aliphatic rings. The average molecular weight is 276 g/mol. The van der Waals surface area contributed by atoms with Crippen molar-refractivity contribution in [1.82, 2.24) is 10.2 Å². The standard InChI is InChI=1S/C18H32N2/c1-6-18(5,20(8-3)9-4)17(19-7-2)15-16-13-11-10-12-14-16/h10-14,17,19H,6-9,15H2,1-5H3. The quantitative estimate of drug-likeness (QED) is 0.739. The van der Waals surface area contributed by atoms with Gasteiger partial charge in [-0.1, -0.05) is 58.0 Å². The van der Waals surface area contributed by atoms with Crippen LogP contribution in [0.5, 0.6) is 0 Å². The van der Waals surface area contributed by atoms with E-state index < -0.39 is 0 Å². The minimum atomic E-state index is 0.204. The van der Waals surface area contributed by atoms with Crippen molar-refractivity contribution in [2.45, 2.75) is 59.0 Å². The van der Waals surface area contributed by atoms with E-state index in [0.717, 1.165) is 26.1 Å². The van der Waals surface area contributed by atoms with E-state index in [1.165, 1.54) is 12.0 Å². The Morgan fingerprint density at radius 1 is 1.05 bits per heavy atom. The topological polar surface area (TPSA) is 15.3 Å². The van der Waals surface area contributed by atoms with Crippen LogP contribution in [-0.4, -0.2) is 36.1 Å². The minimum absolute atomic E-state index is 0.204. The Labute approximate surface area is 125 Å². The molecule has 0 aliphatic heterocycles. The zero-order valence-corrected chi connectivity index (χ0v) is 13.9. The third-order valence-electron chi connectivity index (χ3n) is 4.69. The van der Waals surface area contributed by atoms with E-state index in [9.17, 15) is 0 Å². The van der Waals surface area contributed by atoms with Gasteiger partial charge in [0.15, 0.2) is 0 Å². The molecule has 2 atom stereocenters. The van der Waals surface area contributed by atoms with Gasteiger partial charge in [0.2, 0.25) is 0 Å². The number of hydrogen-bond donors (Lipinski definition) is 1. The van der Waals surface area contributed by atoms with Crippen LogP contribution in [0.4, 0.5) is 0 Å². The number of rotatable bonds is 9. The molecule has 0 aliphatic carbocycles. The lowest BCUT2D eigenvalue weighted by atomic mass is 9.83. The molecular formula is C18H32N2. The van der Waals surface area contributed by atoms with Gasteiger partial charge in [-0.15, -0.1) is 0 Å². The van der Waals surface area contributed by atoms with Gasteiger partial charge in [-0.25, -0.2) is 0 Å². The maximum atomic E-state index is 3.73. The first-order valence-corrected chi connectivity index (χ1v) is 8.14. The highest BCUT2D eigenvalue weighted by atomic mass is 15.2. The van der Waals surface area contributed by atoms with Crippen LogP contribution in [0.1, 0.15) is 46.6 Å². The van der Waals surface area contributed by atoms with Crippen LogP contribution in [0, 0.1) is 0 Å². The molecular weight excluding hydrogens is 244 g/mol. The van der Waals surface area contributed by atoms with Crippen LogP contribution < -0.4 is 5.32 Å². The van der Waals surface area contributed by atoms with Crippen molar-refractivity contribution in [3.63, 3.8) is 0 Å². The maximum absolute atomic E-state index is 3.73. The molecule has 1 N–H and O–H groups in total. The first-order chi connectivity index (χ1) is 9.62. The summed E-state index contributed by atoms with van der Waals surface area (Å²) < 4.78 is 0. The third kappa shape index (κ3) is 4.07. The molecule has 2 unspecified atom stereocenters. The molecule has 0 saturated carbocycles. The first-order valence-electron chi connectivity index (χ1n) is 8.14. The van der Waals surface area contributed by atoms with Crippen molar-refractivity contribution in [2.24, 2.45) is 0 Å². The highest BCUT2D eigenvalue weighted by Crippen LogP contribution is 2.26. The fourth-order valence-corrected chi connectivity index (χ4v) is 3.24. The van der Waals surface area contributed by atoms with Crippen LogP contribution in [0.2, 0.25) is 0 Å². The third-order valence-corrected chi connectivity index (χ3v) is 4.69. The molecule has 0 bridgehead atoms. The zero-order valence-electron chi connectivity index (χ0n) is 13.9. The smallest absolute Gasteiger partial charge is 0.0334 e. The van der Waals surface area contributed by atoms with E-state index in [4.69, 9.17) is 0 Å². The lowest BCUT2D eigenvalue weighted by Crippen LogP contribution is -2.60. The lowest BCUT2D eigenvalue weighted by Gasteiger charge is -2.46. The van der Waals surface area contributed by atoms with E-state index in [1.54, 1.807) is 0 Å². The first kappa shape index (κ1) is 17.2. The molecule has 20 heavy (non-hydrogen) atoms. The molecule has 114 valence electrons. The van der Waals surface area contributed by atoms with Crippen molar-refractivity contribution in [3.05, 3.63) is 35.9 Å². The van der Waals surface area contributed by atoms with Gasteiger partial charge in [0.1, 0.15) is 0 Å². The predicted molar refractivity (Wildman–Crippen MR) is 89.2 cm³/mol. The summed E-state index contributed by atoms with van der Waals surface area (Å²) in [6.07, 6.45) is 2.26. The molecule has 0 radical (unpaired) electrons. The molecule has 2 nitrogen and oxygen atoms in total. The largest absolute Gasteiger partial charge is 0.312 e. The Morgan fingerprint density at radius 2 is 1.65 bits per heavy atom. The maximum Gasteiger partial charge on any atom is 0.0334 e. The van der Waals surface area contributed by atoms with Gasteiger partial charge in [0.05, 0.1) is 0 Å². The summed E-state index contributed by atoms with van der Waals surface area (Å²) in [5, 5.41) is 3.73. The fraction of sp³-hybridized carbons (Fsp3) is 0.667. The zero-order chi connectivity index (χ0) is 15.0. The normalized spacial score (nSPS) is 16.1. The van der Waals surface area contributed by atoms with Gasteiger partial charge in [0, 0.05) is 11.6 Å². The summed E-state index contributed by atoms with van der Waals surface area (Å²) in [4.78, 5) is 2.60. The molecule has 0 fully saturated rings. The molecule has 0 amide bonds. The Hall–Kier alpha value is -0.860. The SMILES string of the molecule is CCNC(Cc1ccccc1)C(C)(CC)N(CC)CC. The van der Waals surface area contributed by atoms with E-state index in [1.807, 2.05) is 0 Å². The summed E-state index contributed by atoms with van der Waals surface area (Å²) in [5.74, 6) is 0. The second-order valence-electron chi connectivity index (χ2n) is 5.68. The number of nitrogens with zero attached hydrogens (tertiary/aromatic N) is 1. The molecule has 1 aromatic rings. The lowest BCUT2D eigenvalue weighted by molar-refractivity contribution is 0.0707. The Balaban J connectivity index is 2.96. The highest BCUT2D eigenvalue weighted by Gasteiger charge is 2.36. The number of likely N-dealkylation sites (N-methyl/N-ethyl adjacent to an activating group) is 2. The summed E-state index contributed by atoms with van der Waals surface area (Å²) in [6.45, 7) is 14.7. The van der Waals surface area contributed by atoms with Gasteiger partial charge in [0.25, 0.3) is 0 Å². The van der Waals surface area contributed by atoms with Gasteiger partial charge >= 0.3 is 0 Å². The van der Waals surface area contributed by atoms with E-state index in [0.29, 0.717) is 6.04 Å². The van der Waals surface area contributed by atoms with E-state index in [2.05, 4.69) is 75.2 Å². The van der Waals surface area contributed by atoms with Gasteiger partial charge < -0.3 is 5.32 Å². The second kappa shape index (κ2) is 8.43. The molecule has 0 heterocycles. The van der Waals surface area contributed by atoms with Gasteiger partial charge in [-0.05, 0) is 45.0 Å². The molecule has 0 saturated heterocycles. The van der Waals surface area contributed by atoms with Crippen molar-refractivity contribution < 1.29 is 0 Å². The van der Waals surface area contributed by atoms with Crippen LogP contribution in [0.25, 0.3) is 0 Å². The average Bonchev–Trinajstić information content (AvgIpc) is 2.48. The Kier molecular flexibility index (Phi) is 7.25. The van der Waals surface area contributed by atoms with E-state index >= 15 is 0 Å². The fourth-order valence-electron chi connectivity index (χ4n) is 3.24. The summed E-state index contributed by atoms with van der Waals surface area (Å²) in [5.41, 5.74) is 1.63. The summed E-state index contributed by atoms with van der Waals surface area (Å²) >= 11 is 0. The monoisotopic (exact) mass is 276 g/mol. The number of benzene rings is 1. The van der Waals surface area contributed by atoms with Crippen molar-refractivity contribution in [1.29, 1.82) is 0 Å². The Morgan fingerprint density at radius 3 is 2.10 bits per heavy atom. The number of hydrogen-bond acceptors (Lipinski definition) is 2. The molecule has 0 spiro atoms. The van der Waals surface area contributed by atoms with E-state index in [-0.39, 0.29) is 5.54 Å². The van der Waals surface area contributed by atoms with Crippen molar-refractivity contribution in [2.75, 3.05) is 19.6 Å². The molecule has 1 aromatic carbocycles. The molecule has 0 aromatic heterocycles. The van der Waals surface area contributed by atoms with Crippen LogP contribution in [0.3, 0.4) is 0 Å². The van der Waals surface area contributed by atoms with Crippen molar-refractivity contribution in [3.8, 4) is 0 Å². The summed E-state index contributed by atoms with van der Waals surface area (Å²) in [7, 11) is 0.